The molecule has 7 nitrogen and oxygen atoms in total. The SMILES string of the molecule is CCNC(=NCc1ccc(OC)c(OC)c1OC)N(C)CC1CCOC1. The molecule has 7 heteroatoms. The fourth-order valence-corrected chi connectivity index (χ4v) is 3.12. The van der Waals surface area contributed by atoms with E-state index < -0.39 is 0 Å². The molecule has 1 heterocycles. The lowest BCUT2D eigenvalue weighted by Crippen LogP contribution is -2.41. The summed E-state index contributed by atoms with van der Waals surface area (Å²) in [6.07, 6.45) is 1.10. The maximum atomic E-state index is 5.55. The first-order chi connectivity index (χ1) is 12.6. The van der Waals surface area contributed by atoms with Crippen LogP contribution in [0.1, 0.15) is 18.9 Å². The first-order valence-corrected chi connectivity index (χ1v) is 8.99. The van der Waals surface area contributed by atoms with Gasteiger partial charge >= 0.3 is 0 Å². The summed E-state index contributed by atoms with van der Waals surface area (Å²) >= 11 is 0. The summed E-state index contributed by atoms with van der Waals surface area (Å²) in [5.74, 6) is 3.31. The van der Waals surface area contributed by atoms with Crippen LogP contribution in [-0.2, 0) is 11.3 Å². The Hall–Kier alpha value is -2.15. The second kappa shape index (κ2) is 10.1. The first-order valence-electron chi connectivity index (χ1n) is 8.99. The Morgan fingerprint density at radius 3 is 2.58 bits per heavy atom. The normalized spacial score (nSPS) is 17.1. The highest BCUT2D eigenvalue weighted by Gasteiger charge is 2.20. The van der Waals surface area contributed by atoms with Crippen LogP contribution in [0.4, 0.5) is 0 Å². The van der Waals surface area contributed by atoms with Crippen molar-refractivity contribution in [3.05, 3.63) is 17.7 Å². The lowest BCUT2D eigenvalue weighted by Gasteiger charge is -2.24. The Balaban J connectivity index is 2.17. The minimum atomic E-state index is 0.483. The fourth-order valence-electron chi connectivity index (χ4n) is 3.12. The Morgan fingerprint density at radius 2 is 2.00 bits per heavy atom. The van der Waals surface area contributed by atoms with Gasteiger partial charge in [-0.3, -0.25) is 0 Å². The summed E-state index contributed by atoms with van der Waals surface area (Å²) in [6, 6.07) is 3.83. The zero-order valence-corrected chi connectivity index (χ0v) is 16.5. The van der Waals surface area contributed by atoms with Crippen LogP contribution in [0.2, 0.25) is 0 Å². The van der Waals surface area contributed by atoms with Crippen molar-refractivity contribution in [2.75, 3.05) is 54.7 Å². The van der Waals surface area contributed by atoms with E-state index in [-0.39, 0.29) is 0 Å². The van der Waals surface area contributed by atoms with Gasteiger partial charge in [0.15, 0.2) is 17.5 Å². The van der Waals surface area contributed by atoms with Gasteiger partial charge in [0.05, 0.1) is 34.5 Å². The summed E-state index contributed by atoms with van der Waals surface area (Å²) in [6.45, 7) is 5.97. The molecule has 1 aromatic rings. The number of benzene rings is 1. The average molecular weight is 365 g/mol. The molecule has 1 fully saturated rings. The van der Waals surface area contributed by atoms with E-state index in [2.05, 4.69) is 24.2 Å². The van der Waals surface area contributed by atoms with E-state index in [1.807, 2.05) is 12.1 Å². The molecule has 0 saturated carbocycles. The van der Waals surface area contributed by atoms with Gasteiger partial charge in [0.1, 0.15) is 0 Å². The number of nitrogens with one attached hydrogen (secondary N) is 1. The predicted octanol–water partition coefficient (Wildman–Crippen LogP) is 2.15. The molecule has 1 unspecified atom stereocenters. The number of nitrogens with zero attached hydrogens (tertiary/aromatic N) is 2. The standard InChI is InChI=1S/C19H31N3O4/c1-6-20-19(22(2)12-14-9-10-26-13-14)21-11-15-7-8-16(23-3)18(25-5)17(15)24-4/h7-8,14H,6,9-13H2,1-5H3,(H,20,21). The average Bonchev–Trinajstić information content (AvgIpc) is 3.16. The van der Waals surface area contributed by atoms with Crippen LogP contribution in [0.25, 0.3) is 0 Å². The molecule has 0 radical (unpaired) electrons. The van der Waals surface area contributed by atoms with Crippen molar-refractivity contribution in [3.63, 3.8) is 0 Å². The molecule has 1 N–H and O–H groups in total. The quantitative estimate of drug-likeness (QED) is 0.563. The smallest absolute Gasteiger partial charge is 0.203 e. The van der Waals surface area contributed by atoms with Crippen molar-refractivity contribution in [3.8, 4) is 17.2 Å². The lowest BCUT2D eigenvalue weighted by atomic mass is 10.1. The van der Waals surface area contributed by atoms with Gasteiger partial charge in [-0.1, -0.05) is 0 Å². The maximum absolute atomic E-state index is 5.55. The van der Waals surface area contributed by atoms with Gasteiger partial charge in [0, 0.05) is 38.2 Å². The molecule has 1 aliphatic heterocycles. The van der Waals surface area contributed by atoms with Crippen molar-refractivity contribution in [1.29, 1.82) is 0 Å². The third kappa shape index (κ3) is 4.94. The molecule has 1 aromatic carbocycles. The van der Waals surface area contributed by atoms with E-state index in [1.165, 1.54) is 0 Å². The molecular formula is C19H31N3O4. The summed E-state index contributed by atoms with van der Waals surface area (Å²) in [7, 11) is 6.91. The molecule has 1 atom stereocenters. The van der Waals surface area contributed by atoms with E-state index in [0.717, 1.165) is 44.2 Å². The van der Waals surface area contributed by atoms with Crippen molar-refractivity contribution in [2.24, 2.45) is 10.9 Å². The van der Waals surface area contributed by atoms with Gasteiger partial charge in [0.2, 0.25) is 5.75 Å². The molecule has 1 aliphatic rings. The predicted molar refractivity (Wildman–Crippen MR) is 102 cm³/mol. The van der Waals surface area contributed by atoms with Crippen LogP contribution in [0.15, 0.2) is 17.1 Å². The number of aliphatic imine (C=N–C) groups is 1. The van der Waals surface area contributed by atoms with Gasteiger partial charge < -0.3 is 29.2 Å². The van der Waals surface area contributed by atoms with Crippen molar-refractivity contribution < 1.29 is 18.9 Å². The highest BCUT2D eigenvalue weighted by molar-refractivity contribution is 5.79. The Labute approximate surface area is 156 Å². The fraction of sp³-hybridized carbons (Fsp3) is 0.632. The highest BCUT2D eigenvalue weighted by atomic mass is 16.5. The molecular weight excluding hydrogens is 334 g/mol. The Morgan fingerprint density at radius 1 is 1.23 bits per heavy atom. The monoisotopic (exact) mass is 365 g/mol. The van der Waals surface area contributed by atoms with E-state index in [9.17, 15) is 0 Å². The molecule has 0 aromatic heterocycles. The van der Waals surface area contributed by atoms with E-state index in [4.69, 9.17) is 23.9 Å². The number of hydrogen-bond acceptors (Lipinski definition) is 5. The Bertz CT molecular complexity index is 601. The lowest BCUT2D eigenvalue weighted by molar-refractivity contribution is 0.181. The van der Waals surface area contributed by atoms with Crippen LogP contribution in [0.3, 0.4) is 0 Å². The largest absolute Gasteiger partial charge is 0.493 e. The highest BCUT2D eigenvalue weighted by Crippen LogP contribution is 2.39. The second-order valence-electron chi connectivity index (χ2n) is 6.27. The first kappa shape index (κ1) is 20.2. The number of hydrogen-bond donors (Lipinski definition) is 1. The zero-order chi connectivity index (χ0) is 18.9. The van der Waals surface area contributed by atoms with Crippen LogP contribution >= 0.6 is 0 Å². The van der Waals surface area contributed by atoms with E-state index in [1.54, 1.807) is 21.3 Å². The number of methoxy groups -OCH3 is 3. The molecule has 0 bridgehead atoms. The van der Waals surface area contributed by atoms with Crippen LogP contribution in [0, 0.1) is 5.92 Å². The van der Waals surface area contributed by atoms with Gasteiger partial charge in [-0.25, -0.2) is 4.99 Å². The number of ether oxygens (including phenoxy) is 4. The van der Waals surface area contributed by atoms with E-state index >= 15 is 0 Å². The molecule has 0 spiro atoms. The molecule has 0 amide bonds. The summed E-state index contributed by atoms with van der Waals surface area (Å²) < 4.78 is 21.8. The zero-order valence-electron chi connectivity index (χ0n) is 16.5. The molecule has 26 heavy (non-hydrogen) atoms. The third-order valence-corrected chi connectivity index (χ3v) is 4.44. The van der Waals surface area contributed by atoms with Crippen LogP contribution in [0.5, 0.6) is 17.2 Å². The van der Waals surface area contributed by atoms with Crippen molar-refractivity contribution in [1.82, 2.24) is 10.2 Å². The summed E-state index contributed by atoms with van der Waals surface area (Å²) in [4.78, 5) is 6.94. The Kier molecular flexibility index (Phi) is 7.84. The molecule has 0 aliphatic carbocycles. The van der Waals surface area contributed by atoms with Gasteiger partial charge in [0.25, 0.3) is 0 Å². The third-order valence-electron chi connectivity index (χ3n) is 4.44. The molecule has 146 valence electrons. The number of guanidine groups is 1. The minimum Gasteiger partial charge on any atom is -0.493 e. The van der Waals surface area contributed by atoms with Gasteiger partial charge in [-0.15, -0.1) is 0 Å². The van der Waals surface area contributed by atoms with Gasteiger partial charge in [-0.05, 0) is 25.5 Å². The van der Waals surface area contributed by atoms with E-state index in [0.29, 0.717) is 29.7 Å². The van der Waals surface area contributed by atoms with Crippen molar-refractivity contribution in [2.45, 2.75) is 19.9 Å². The summed E-state index contributed by atoms with van der Waals surface area (Å²) in [5, 5.41) is 3.35. The second-order valence-corrected chi connectivity index (χ2v) is 6.27. The van der Waals surface area contributed by atoms with Crippen LogP contribution < -0.4 is 19.5 Å². The van der Waals surface area contributed by atoms with Crippen molar-refractivity contribution >= 4 is 5.96 Å². The summed E-state index contributed by atoms with van der Waals surface area (Å²) in [5.41, 5.74) is 0.943. The maximum Gasteiger partial charge on any atom is 0.203 e. The topological polar surface area (TPSA) is 64.6 Å². The minimum absolute atomic E-state index is 0.483. The molecule has 2 rings (SSSR count). The van der Waals surface area contributed by atoms with Gasteiger partial charge in [-0.2, -0.15) is 0 Å². The van der Waals surface area contributed by atoms with Crippen LogP contribution in [-0.4, -0.2) is 65.5 Å². The number of rotatable bonds is 8. The molecule has 1 saturated heterocycles.